The van der Waals surface area contributed by atoms with Gasteiger partial charge in [-0.1, -0.05) is 12.1 Å². The summed E-state index contributed by atoms with van der Waals surface area (Å²) in [6.07, 6.45) is 0.812. The highest BCUT2D eigenvalue weighted by atomic mass is 19.1. The number of hydrogen-bond acceptors (Lipinski definition) is 4. The Kier molecular flexibility index (Phi) is 5.30. The highest BCUT2D eigenvalue weighted by molar-refractivity contribution is 5.77. The minimum atomic E-state index is -0.317. The molecule has 0 aromatic heterocycles. The van der Waals surface area contributed by atoms with Gasteiger partial charge in [-0.3, -0.25) is 4.79 Å². The number of amides is 1. The predicted octanol–water partition coefficient (Wildman–Crippen LogP) is 3.11. The third-order valence-electron chi connectivity index (χ3n) is 3.92. The molecule has 0 atom stereocenters. The van der Waals surface area contributed by atoms with Crippen LogP contribution in [0.4, 0.5) is 4.39 Å². The highest BCUT2D eigenvalue weighted by Gasteiger charge is 2.32. The molecule has 0 unspecified atom stereocenters. The predicted molar refractivity (Wildman–Crippen MR) is 95.3 cm³/mol. The fraction of sp³-hybridized carbons (Fsp3) is 0.350. The van der Waals surface area contributed by atoms with Crippen molar-refractivity contribution in [2.24, 2.45) is 0 Å². The largest absolute Gasteiger partial charge is 0.492 e. The first kappa shape index (κ1) is 18.0. The van der Waals surface area contributed by atoms with Crippen molar-refractivity contribution in [1.29, 1.82) is 0 Å². The van der Waals surface area contributed by atoms with Gasteiger partial charge in [0.05, 0.1) is 6.54 Å². The second-order valence-corrected chi connectivity index (χ2v) is 6.72. The quantitative estimate of drug-likeness (QED) is 0.772. The van der Waals surface area contributed by atoms with Crippen LogP contribution in [0, 0.1) is 5.82 Å². The number of rotatable bonds is 7. The Morgan fingerprint density at radius 1 is 1.19 bits per heavy atom. The van der Waals surface area contributed by atoms with Gasteiger partial charge in [-0.25, -0.2) is 4.39 Å². The van der Waals surface area contributed by atoms with E-state index in [4.69, 9.17) is 14.2 Å². The van der Waals surface area contributed by atoms with E-state index in [1.54, 1.807) is 6.07 Å². The van der Waals surface area contributed by atoms with Gasteiger partial charge in [0.15, 0.2) is 18.1 Å². The summed E-state index contributed by atoms with van der Waals surface area (Å²) >= 11 is 0. The number of hydrogen-bond donors (Lipinski definition) is 1. The Labute approximate surface area is 152 Å². The monoisotopic (exact) mass is 359 g/mol. The Balaban J connectivity index is 1.41. The van der Waals surface area contributed by atoms with E-state index in [1.165, 1.54) is 24.3 Å². The van der Waals surface area contributed by atoms with Crippen LogP contribution in [0.5, 0.6) is 17.2 Å². The van der Waals surface area contributed by atoms with Crippen LogP contribution in [0.3, 0.4) is 0 Å². The molecule has 26 heavy (non-hydrogen) atoms. The molecule has 1 amide bonds. The summed E-state index contributed by atoms with van der Waals surface area (Å²) in [4.78, 5) is 11.9. The summed E-state index contributed by atoms with van der Waals surface area (Å²) in [5, 5.41) is 2.71. The molecule has 1 aliphatic heterocycles. The zero-order chi connectivity index (χ0) is 18.6. The summed E-state index contributed by atoms with van der Waals surface area (Å²) in [5.74, 6) is 1.28. The molecule has 138 valence electrons. The van der Waals surface area contributed by atoms with Gasteiger partial charge >= 0.3 is 0 Å². The second kappa shape index (κ2) is 7.64. The van der Waals surface area contributed by atoms with Gasteiger partial charge < -0.3 is 19.5 Å². The average Bonchev–Trinajstić information content (AvgIpc) is 2.93. The second-order valence-electron chi connectivity index (χ2n) is 6.72. The van der Waals surface area contributed by atoms with Crippen molar-refractivity contribution < 1.29 is 23.4 Å². The minimum absolute atomic E-state index is 0.100. The van der Waals surface area contributed by atoms with Gasteiger partial charge in [0.2, 0.25) is 0 Å². The third kappa shape index (κ3) is 4.65. The molecule has 0 spiro atoms. The number of fused-ring (bicyclic) bond motifs is 1. The maximum Gasteiger partial charge on any atom is 0.258 e. The van der Waals surface area contributed by atoms with Crippen LogP contribution < -0.4 is 19.5 Å². The zero-order valence-electron chi connectivity index (χ0n) is 14.9. The molecular formula is C20H22FNO4. The van der Waals surface area contributed by atoms with Crippen LogP contribution in [0.15, 0.2) is 42.5 Å². The Morgan fingerprint density at radius 2 is 1.96 bits per heavy atom. The first-order chi connectivity index (χ1) is 12.4. The summed E-state index contributed by atoms with van der Waals surface area (Å²) in [7, 11) is 0. The van der Waals surface area contributed by atoms with Crippen LogP contribution in [0.25, 0.3) is 0 Å². The van der Waals surface area contributed by atoms with Crippen LogP contribution in [0.2, 0.25) is 0 Å². The van der Waals surface area contributed by atoms with E-state index >= 15 is 0 Å². The standard InChI is InChI=1S/C20H22FNO4/c1-20(2)12-14-4-3-5-17(19(14)26-20)25-13-18(23)22-10-11-24-16-8-6-15(21)7-9-16/h3-9H,10-13H2,1-2H3,(H,22,23). The molecule has 0 saturated carbocycles. The number of nitrogens with one attached hydrogen (secondary N) is 1. The van der Waals surface area contributed by atoms with E-state index in [1.807, 2.05) is 26.0 Å². The van der Waals surface area contributed by atoms with Crippen molar-refractivity contribution in [1.82, 2.24) is 5.32 Å². The maximum atomic E-state index is 12.8. The number of para-hydroxylation sites is 1. The lowest BCUT2D eigenvalue weighted by molar-refractivity contribution is -0.123. The SMILES string of the molecule is CC1(C)Cc2cccc(OCC(=O)NCCOc3ccc(F)cc3)c2O1. The third-order valence-corrected chi connectivity index (χ3v) is 3.92. The van der Waals surface area contributed by atoms with Crippen LogP contribution in [0.1, 0.15) is 19.4 Å². The van der Waals surface area contributed by atoms with Gasteiger partial charge in [0.1, 0.15) is 23.8 Å². The molecule has 3 rings (SSSR count). The van der Waals surface area contributed by atoms with Gasteiger partial charge in [-0.15, -0.1) is 0 Å². The molecular weight excluding hydrogens is 337 g/mol. The molecule has 2 aromatic carbocycles. The molecule has 2 aromatic rings. The molecule has 6 heteroatoms. The van der Waals surface area contributed by atoms with E-state index < -0.39 is 0 Å². The fourth-order valence-electron chi connectivity index (χ4n) is 2.79. The molecule has 5 nitrogen and oxygen atoms in total. The van der Waals surface area contributed by atoms with Crippen molar-refractivity contribution in [2.45, 2.75) is 25.9 Å². The van der Waals surface area contributed by atoms with Gasteiger partial charge in [0, 0.05) is 12.0 Å². The maximum absolute atomic E-state index is 12.8. The molecule has 0 aliphatic carbocycles. The van der Waals surface area contributed by atoms with Gasteiger partial charge in [-0.2, -0.15) is 0 Å². The summed E-state index contributed by atoms with van der Waals surface area (Å²) in [5.41, 5.74) is 0.822. The number of carbonyl (C=O) groups is 1. The van der Waals surface area contributed by atoms with E-state index in [9.17, 15) is 9.18 Å². The number of halogens is 1. The number of ether oxygens (including phenoxy) is 3. The molecule has 0 saturated heterocycles. The average molecular weight is 359 g/mol. The summed E-state index contributed by atoms with van der Waals surface area (Å²) in [6.45, 7) is 4.55. The number of benzene rings is 2. The Morgan fingerprint density at radius 3 is 2.73 bits per heavy atom. The molecule has 0 bridgehead atoms. The van der Waals surface area contributed by atoms with E-state index in [2.05, 4.69) is 5.32 Å². The smallest absolute Gasteiger partial charge is 0.258 e. The first-order valence-electron chi connectivity index (χ1n) is 8.52. The molecule has 1 N–H and O–H groups in total. The van der Waals surface area contributed by atoms with Crippen molar-refractivity contribution in [3.05, 3.63) is 53.8 Å². The Bertz CT molecular complexity index is 774. The van der Waals surface area contributed by atoms with E-state index in [-0.39, 0.29) is 30.5 Å². The Hall–Kier alpha value is -2.76. The highest BCUT2D eigenvalue weighted by Crippen LogP contribution is 2.41. The molecule has 0 radical (unpaired) electrons. The van der Waals surface area contributed by atoms with E-state index in [0.717, 1.165) is 12.0 Å². The molecule has 1 aliphatic rings. The van der Waals surface area contributed by atoms with Crippen molar-refractivity contribution in [3.8, 4) is 17.2 Å². The summed E-state index contributed by atoms with van der Waals surface area (Å²) < 4.78 is 29.7. The first-order valence-corrected chi connectivity index (χ1v) is 8.52. The van der Waals surface area contributed by atoms with Crippen molar-refractivity contribution >= 4 is 5.91 Å². The van der Waals surface area contributed by atoms with Crippen LogP contribution in [-0.4, -0.2) is 31.3 Å². The van der Waals surface area contributed by atoms with Crippen LogP contribution in [-0.2, 0) is 11.2 Å². The van der Waals surface area contributed by atoms with Gasteiger partial charge in [-0.05, 0) is 44.2 Å². The molecule has 1 heterocycles. The normalized spacial score (nSPS) is 14.3. The van der Waals surface area contributed by atoms with Crippen LogP contribution >= 0.6 is 0 Å². The van der Waals surface area contributed by atoms with Crippen molar-refractivity contribution in [3.63, 3.8) is 0 Å². The van der Waals surface area contributed by atoms with E-state index in [0.29, 0.717) is 23.8 Å². The number of carbonyl (C=O) groups excluding carboxylic acids is 1. The lowest BCUT2D eigenvalue weighted by Crippen LogP contribution is -2.32. The molecule has 0 fully saturated rings. The van der Waals surface area contributed by atoms with Gasteiger partial charge in [0.25, 0.3) is 5.91 Å². The fourth-order valence-corrected chi connectivity index (χ4v) is 2.79. The minimum Gasteiger partial charge on any atom is -0.492 e. The zero-order valence-corrected chi connectivity index (χ0v) is 14.9. The topological polar surface area (TPSA) is 56.8 Å². The lowest BCUT2D eigenvalue weighted by Gasteiger charge is -2.18. The van der Waals surface area contributed by atoms with Crippen molar-refractivity contribution in [2.75, 3.05) is 19.8 Å². The summed E-state index contributed by atoms with van der Waals surface area (Å²) in [6, 6.07) is 11.4. The lowest BCUT2D eigenvalue weighted by atomic mass is 10.0.